The first-order valence-corrected chi connectivity index (χ1v) is 8.10. The standard InChI is InChI=1S/C15H17N5S/c1-9-10(2)19-14(18-9)12-4-3-6-20(12)15-13-11(5-7-21-13)16-8-17-15/h5,7-8,12H,3-4,6H2,1-2H3,(H,18,19). The van der Waals surface area contributed by atoms with Crippen molar-refractivity contribution < 1.29 is 0 Å². The van der Waals surface area contributed by atoms with Gasteiger partial charge in [-0.2, -0.15) is 0 Å². The van der Waals surface area contributed by atoms with Gasteiger partial charge in [-0.05, 0) is 38.1 Å². The van der Waals surface area contributed by atoms with Crippen LogP contribution in [0, 0.1) is 13.8 Å². The number of thiophene rings is 1. The molecule has 0 spiro atoms. The van der Waals surface area contributed by atoms with Gasteiger partial charge in [0.05, 0.1) is 22.0 Å². The Hall–Kier alpha value is -1.95. The Balaban J connectivity index is 1.78. The zero-order chi connectivity index (χ0) is 14.4. The van der Waals surface area contributed by atoms with Crippen LogP contribution in [0.5, 0.6) is 0 Å². The lowest BCUT2D eigenvalue weighted by atomic mass is 10.2. The van der Waals surface area contributed by atoms with E-state index < -0.39 is 0 Å². The van der Waals surface area contributed by atoms with Crippen LogP contribution in [0.3, 0.4) is 0 Å². The number of hydrogen-bond acceptors (Lipinski definition) is 5. The highest BCUT2D eigenvalue weighted by molar-refractivity contribution is 7.17. The fraction of sp³-hybridized carbons (Fsp3) is 0.400. The molecule has 1 aliphatic heterocycles. The lowest BCUT2D eigenvalue weighted by molar-refractivity contribution is 0.670. The van der Waals surface area contributed by atoms with Gasteiger partial charge < -0.3 is 9.88 Å². The van der Waals surface area contributed by atoms with Crippen LogP contribution < -0.4 is 4.90 Å². The second-order valence-electron chi connectivity index (χ2n) is 5.52. The van der Waals surface area contributed by atoms with Crippen molar-refractivity contribution in [3.8, 4) is 0 Å². The van der Waals surface area contributed by atoms with Gasteiger partial charge in [-0.25, -0.2) is 15.0 Å². The molecule has 1 atom stereocenters. The second kappa shape index (κ2) is 4.80. The summed E-state index contributed by atoms with van der Waals surface area (Å²) >= 11 is 1.71. The molecule has 1 fully saturated rings. The molecule has 108 valence electrons. The second-order valence-corrected chi connectivity index (χ2v) is 6.43. The Labute approximate surface area is 127 Å². The van der Waals surface area contributed by atoms with E-state index in [1.54, 1.807) is 17.7 Å². The topological polar surface area (TPSA) is 57.7 Å². The lowest BCUT2D eigenvalue weighted by Crippen LogP contribution is -2.24. The number of nitrogens with zero attached hydrogens (tertiary/aromatic N) is 4. The largest absolute Gasteiger partial charge is 0.345 e. The zero-order valence-electron chi connectivity index (χ0n) is 12.1. The molecule has 1 aliphatic rings. The molecule has 0 aromatic carbocycles. The normalized spacial score (nSPS) is 18.8. The van der Waals surface area contributed by atoms with E-state index in [1.165, 1.54) is 11.1 Å². The molecular formula is C15H17N5S. The van der Waals surface area contributed by atoms with Crippen molar-refractivity contribution in [1.29, 1.82) is 0 Å². The molecule has 0 aliphatic carbocycles. The summed E-state index contributed by atoms with van der Waals surface area (Å²) in [5.74, 6) is 2.11. The monoisotopic (exact) mass is 299 g/mol. The first-order valence-electron chi connectivity index (χ1n) is 7.22. The summed E-state index contributed by atoms with van der Waals surface area (Å²) in [6.45, 7) is 5.15. The maximum absolute atomic E-state index is 4.70. The summed E-state index contributed by atoms with van der Waals surface area (Å²) in [6, 6.07) is 2.34. The van der Waals surface area contributed by atoms with E-state index in [9.17, 15) is 0 Å². The van der Waals surface area contributed by atoms with Gasteiger partial charge in [0.2, 0.25) is 0 Å². The van der Waals surface area contributed by atoms with Gasteiger partial charge in [-0.3, -0.25) is 0 Å². The molecule has 21 heavy (non-hydrogen) atoms. The van der Waals surface area contributed by atoms with E-state index in [0.29, 0.717) is 0 Å². The third-order valence-electron chi connectivity index (χ3n) is 4.21. The van der Waals surface area contributed by atoms with Gasteiger partial charge in [-0.1, -0.05) is 0 Å². The highest BCUT2D eigenvalue weighted by Crippen LogP contribution is 2.38. The molecule has 0 amide bonds. The summed E-state index contributed by atoms with van der Waals surface area (Å²) in [5.41, 5.74) is 3.27. The average Bonchev–Trinajstić information content (AvgIpc) is 3.19. The van der Waals surface area contributed by atoms with Crippen LogP contribution in [0.15, 0.2) is 17.8 Å². The summed E-state index contributed by atoms with van der Waals surface area (Å²) < 4.78 is 1.17. The van der Waals surface area contributed by atoms with E-state index in [2.05, 4.69) is 45.1 Å². The number of imidazole rings is 1. The molecule has 0 bridgehead atoms. The molecule has 0 radical (unpaired) electrons. The lowest BCUT2D eigenvalue weighted by Gasteiger charge is -2.24. The number of nitrogens with one attached hydrogen (secondary N) is 1. The minimum atomic E-state index is 0.289. The molecular weight excluding hydrogens is 282 g/mol. The van der Waals surface area contributed by atoms with E-state index in [4.69, 9.17) is 4.98 Å². The van der Waals surface area contributed by atoms with E-state index in [1.807, 2.05) is 0 Å². The Bertz CT molecular complexity index is 771. The van der Waals surface area contributed by atoms with Crippen molar-refractivity contribution in [2.24, 2.45) is 0 Å². The van der Waals surface area contributed by atoms with Crippen molar-refractivity contribution in [2.45, 2.75) is 32.7 Å². The van der Waals surface area contributed by atoms with Crippen molar-refractivity contribution in [2.75, 3.05) is 11.4 Å². The Kier molecular flexibility index (Phi) is 2.92. The van der Waals surface area contributed by atoms with Crippen molar-refractivity contribution in [3.63, 3.8) is 0 Å². The molecule has 6 heteroatoms. The smallest absolute Gasteiger partial charge is 0.150 e. The summed E-state index contributed by atoms with van der Waals surface area (Å²) in [5, 5.41) is 2.08. The molecule has 3 aromatic rings. The van der Waals surface area contributed by atoms with Gasteiger partial charge in [-0.15, -0.1) is 11.3 Å². The molecule has 4 heterocycles. The molecule has 3 aromatic heterocycles. The number of anilines is 1. The van der Waals surface area contributed by atoms with Gasteiger partial charge in [0.15, 0.2) is 5.82 Å². The first kappa shape index (κ1) is 12.8. The van der Waals surface area contributed by atoms with Gasteiger partial charge in [0, 0.05) is 12.2 Å². The van der Waals surface area contributed by atoms with Gasteiger partial charge >= 0.3 is 0 Å². The average molecular weight is 299 g/mol. The maximum Gasteiger partial charge on any atom is 0.150 e. The number of rotatable bonds is 2. The van der Waals surface area contributed by atoms with Gasteiger partial charge in [0.1, 0.15) is 12.2 Å². The SMILES string of the molecule is Cc1nc(C2CCCN2c2ncnc3ccsc23)[nH]c1C. The number of aryl methyl sites for hydroxylation is 2. The molecule has 5 nitrogen and oxygen atoms in total. The number of H-pyrrole nitrogens is 1. The Morgan fingerprint density at radius 1 is 1.33 bits per heavy atom. The summed E-state index contributed by atoms with van der Waals surface area (Å²) in [4.78, 5) is 19.4. The minimum absolute atomic E-state index is 0.289. The highest BCUT2D eigenvalue weighted by atomic mass is 32.1. The first-order chi connectivity index (χ1) is 10.2. The number of fused-ring (bicyclic) bond motifs is 1. The third-order valence-corrected chi connectivity index (χ3v) is 5.11. The van der Waals surface area contributed by atoms with Gasteiger partial charge in [0.25, 0.3) is 0 Å². The van der Waals surface area contributed by atoms with Crippen LogP contribution in [0.1, 0.15) is 36.1 Å². The predicted octanol–water partition coefficient (Wildman–Crippen LogP) is 3.37. The van der Waals surface area contributed by atoms with Crippen LogP contribution in [0.25, 0.3) is 10.2 Å². The van der Waals surface area contributed by atoms with Crippen molar-refractivity contribution in [3.05, 3.63) is 35.0 Å². The third kappa shape index (κ3) is 2.01. The predicted molar refractivity (Wildman–Crippen MR) is 84.8 cm³/mol. The van der Waals surface area contributed by atoms with E-state index >= 15 is 0 Å². The Morgan fingerprint density at radius 2 is 2.24 bits per heavy atom. The van der Waals surface area contributed by atoms with Crippen molar-refractivity contribution >= 4 is 27.4 Å². The quantitative estimate of drug-likeness (QED) is 0.788. The summed E-state index contributed by atoms with van der Waals surface area (Å²) in [7, 11) is 0. The number of hydrogen-bond donors (Lipinski definition) is 1. The zero-order valence-corrected chi connectivity index (χ0v) is 12.9. The maximum atomic E-state index is 4.70. The molecule has 1 N–H and O–H groups in total. The Morgan fingerprint density at radius 3 is 3.05 bits per heavy atom. The van der Waals surface area contributed by atoms with Crippen LogP contribution in [0.4, 0.5) is 5.82 Å². The van der Waals surface area contributed by atoms with Crippen LogP contribution in [-0.4, -0.2) is 26.5 Å². The minimum Gasteiger partial charge on any atom is -0.345 e. The summed E-state index contributed by atoms with van der Waals surface area (Å²) in [6.07, 6.45) is 3.95. The highest BCUT2D eigenvalue weighted by Gasteiger charge is 2.31. The van der Waals surface area contributed by atoms with Crippen LogP contribution in [-0.2, 0) is 0 Å². The van der Waals surface area contributed by atoms with Crippen LogP contribution in [0.2, 0.25) is 0 Å². The fourth-order valence-electron chi connectivity index (χ4n) is 3.02. The number of aromatic nitrogens is 4. The molecule has 1 saturated heterocycles. The van der Waals surface area contributed by atoms with Crippen molar-refractivity contribution in [1.82, 2.24) is 19.9 Å². The van der Waals surface area contributed by atoms with E-state index in [0.717, 1.165) is 41.5 Å². The molecule has 4 rings (SSSR count). The molecule has 0 saturated carbocycles. The molecule has 1 unspecified atom stereocenters. The van der Waals surface area contributed by atoms with E-state index in [-0.39, 0.29) is 6.04 Å². The number of aromatic amines is 1. The fourth-order valence-corrected chi connectivity index (χ4v) is 3.87. The van der Waals surface area contributed by atoms with Crippen LogP contribution >= 0.6 is 11.3 Å².